The minimum Gasteiger partial charge on any atom is -0.389 e. The third kappa shape index (κ3) is 2.90. The van der Waals surface area contributed by atoms with Crippen LogP contribution < -0.4 is 5.32 Å². The predicted molar refractivity (Wildman–Crippen MR) is 87.7 cm³/mol. The van der Waals surface area contributed by atoms with Gasteiger partial charge >= 0.3 is 0 Å². The molecule has 1 fully saturated rings. The molecule has 0 bridgehead atoms. The monoisotopic (exact) mass is 295 g/mol. The lowest BCUT2D eigenvalue weighted by Crippen LogP contribution is -2.16. The summed E-state index contributed by atoms with van der Waals surface area (Å²) >= 11 is 0. The van der Waals surface area contributed by atoms with Crippen LogP contribution in [0.5, 0.6) is 0 Å². The smallest absolute Gasteiger partial charge is 0.228 e. The van der Waals surface area contributed by atoms with E-state index < -0.39 is 6.10 Å². The van der Waals surface area contributed by atoms with E-state index in [4.69, 9.17) is 0 Å². The number of nitrogens with one attached hydrogen (secondary N) is 1. The highest BCUT2D eigenvalue weighted by Crippen LogP contribution is 2.49. The Balaban J connectivity index is 1.71. The zero-order chi connectivity index (χ0) is 15.7. The first-order valence-corrected chi connectivity index (χ1v) is 7.71. The van der Waals surface area contributed by atoms with E-state index in [1.807, 2.05) is 36.4 Å². The third-order valence-electron chi connectivity index (χ3n) is 4.38. The molecule has 1 aliphatic carbocycles. The summed E-state index contributed by atoms with van der Waals surface area (Å²) in [4.78, 5) is 12.5. The number of aliphatic hydroxyl groups is 1. The van der Waals surface area contributed by atoms with E-state index in [9.17, 15) is 9.90 Å². The Bertz CT molecular complexity index is 693. The van der Waals surface area contributed by atoms with E-state index in [-0.39, 0.29) is 11.8 Å². The van der Waals surface area contributed by atoms with Crippen molar-refractivity contribution in [1.82, 2.24) is 0 Å². The summed E-state index contributed by atoms with van der Waals surface area (Å²) in [5.74, 6) is 0.393. The number of carbonyl (C=O) groups excluding carboxylic acids is 1. The number of hydrogen-bond donors (Lipinski definition) is 2. The van der Waals surface area contributed by atoms with Crippen molar-refractivity contribution in [3.63, 3.8) is 0 Å². The molecule has 0 radical (unpaired) electrons. The summed E-state index contributed by atoms with van der Waals surface area (Å²) in [6, 6.07) is 15.7. The van der Waals surface area contributed by atoms with Gasteiger partial charge in [0.1, 0.15) is 0 Å². The van der Waals surface area contributed by atoms with Gasteiger partial charge in [-0.25, -0.2) is 0 Å². The summed E-state index contributed by atoms with van der Waals surface area (Å²) in [7, 11) is 0. The average Bonchev–Trinajstić information content (AvgIpc) is 3.28. The molecule has 2 aromatic carbocycles. The largest absolute Gasteiger partial charge is 0.389 e. The van der Waals surface area contributed by atoms with Crippen molar-refractivity contribution in [2.75, 3.05) is 5.32 Å². The maximum atomic E-state index is 12.5. The molecule has 3 heteroatoms. The van der Waals surface area contributed by atoms with Crippen molar-refractivity contribution in [2.45, 2.75) is 32.3 Å². The lowest BCUT2D eigenvalue weighted by atomic mass is 10.0. The van der Waals surface area contributed by atoms with Crippen molar-refractivity contribution in [3.05, 3.63) is 65.2 Å². The number of para-hydroxylation sites is 1. The summed E-state index contributed by atoms with van der Waals surface area (Å²) in [6.07, 6.45) is 0.302. The molecule has 1 saturated carbocycles. The molecule has 2 aromatic rings. The first-order chi connectivity index (χ1) is 10.6. The highest BCUT2D eigenvalue weighted by molar-refractivity contribution is 5.96. The van der Waals surface area contributed by atoms with Gasteiger partial charge in [-0.05, 0) is 43.4 Å². The highest BCUT2D eigenvalue weighted by atomic mass is 16.3. The SMILES string of the molecule is Cc1ccccc1C1CC1C(=O)Nc1ccccc1C(C)O. The van der Waals surface area contributed by atoms with Gasteiger partial charge in [0.25, 0.3) is 0 Å². The molecule has 0 spiro atoms. The van der Waals surface area contributed by atoms with Crippen LogP contribution in [0.1, 0.15) is 42.1 Å². The molecule has 2 N–H and O–H groups in total. The molecule has 0 aromatic heterocycles. The molecule has 3 rings (SSSR count). The standard InChI is InChI=1S/C19H21NO2/c1-12-7-3-4-8-14(12)16-11-17(16)19(22)20-18-10-6-5-9-15(18)13(2)21/h3-10,13,16-17,21H,11H2,1-2H3,(H,20,22). The molecule has 0 saturated heterocycles. The van der Waals surface area contributed by atoms with Gasteiger partial charge in [0.05, 0.1) is 6.10 Å². The number of amides is 1. The number of aryl methyl sites for hydroxylation is 1. The fourth-order valence-electron chi connectivity index (χ4n) is 3.03. The number of hydrogen-bond acceptors (Lipinski definition) is 2. The van der Waals surface area contributed by atoms with Crippen LogP contribution in [0.4, 0.5) is 5.69 Å². The van der Waals surface area contributed by atoms with Gasteiger partial charge in [-0.15, -0.1) is 0 Å². The summed E-state index contributed by atoms with van der Waals surface area (Å²) in [5.41, 5.74) is 3.97. The lowest BCUT2D eigenvalue weighted by Gasteiger charge is -2.13. The molecular weight excluding hydrogens is 274 g/mol. The average molecular weight is 295 g/mol. The van der Waals surface area contributed by atoms with Crippen LogP contribution in [0.25, 0.3) is 0 Å². The van der Waals surface area contributed by atoms with Crippen LogP contribution in [0.15, 0.2) is 48.5 Å². The summed E-state index contributed by atoms with van der Waals surface area (Å²) < 4.78 is 0. The number of carbonyl (C=O) groups is 1. The van der Waals surface area contributed by atoms with Crippen molar-refractivity contribution in [1.29, 1.82) is 0 Å². The second kappa shape index (κ2) is 5.93. The van der Waals surface area contributed by atoms with Gasteiger partial charge in [-0.1, -0.05) is 42.5 Å². The zero-order valence-corrected chi connectivity index (χ0v) is 12.9. The number of rotatable bonds is 4. The van der Waals surface area contributed by atoms with Gasteiger partial charge in [0, 0.05) is 17.2 Å². The number of anilines is 1. The Morgan fingerprint density at radius 3 is 2.59 bits per heavy atom. The molecule has 114 valence electrons. The molecule has 0 aliphatic heterocycles. The van der Waals surface area contributed by atoms with Crippen molar-refractivity contribution in [2.24, 2.45) is 5.92 Å². The Hall–Kier alpha value is -2.13. The second-order valence-electron chi connectivity index (χ2n) is 6.06. The van der Waals surface area contributed by atoms with E-state index >= 15 is 0 Å². The maximum Gasteiger partial charge on any atom is 0.228 e. The van der Waals surface area contributed by atoms with Crippen molar-refractivity contribution < 1.29 is 9.90 Å². The minimum atomic E-state index is -0.595. The molecule has 1 aliphatic rings. The van der Waals surface area contributed by atoms with Crippen LogP contribution >= 0.6 is 0 Å². The fraction of sp³-hybridized carbons (Fsp3) is 0.316. The van der Waals surface area contributed by atoms with Crippen molar-refractivity contribution in [3.8, 4) is 0 Å². The van der Waals surface area contributed by atoms with E-state index in [1.165, 1.54) is 11.1 Å². The summed E-state index contributed by atoms with van der Waals surface area (Å²) in [5, 5.41) is 12.8. The van der Waals surface area contributed by atoms with Crippen LogP contribution in [0.3, 0.4) is 0 Å². The molecule has 3 unspecified atom stereocenters. The zero-order valence-electron chi connectivity index (χ0n) is 12.9. The Kier molecular flexibility index (Phi) is 3.99. The van der Waals surface area contributed by atoms with Gasteiger partial charge in [0.15, 0.2) is 0 Å². The topological polar surface area (TPSA) is 49.3 Å². The van der Waals surface area contributed by atoms with E-state index in [0.717, 1.165) is 12.0 Å². The van der Waals surface area contributed by atoms with Gasteiger partial charge in [-0.2, -0.15) is 0 Å². The number of aliphatic hydroxyl groups excluding tert-OH is 1. The molecule has 3 nitrogen and oxygen atoms in total. The van der Waals surface area contributed by atoms with Gasteiger partial charge in [0.2, 0.25) is 5.91 Å². The Labute approximate surface area is 131 Å². The predicted octanol–water partition coefficient (Wildman–Crippen LogP) is 3.79. The molecule has 0 heterocycles. The van der Waals surface area contributed by atoms with Crippen LogP contribution in [0, 0.1) is 12.8 Å². The fourth-order valence-corrected chi connectivity index (χ4v) is 3.03. The van der Waals surface area contributed by atoms with Gasteiger partial charge < -0.3 is 10.4 Å². The Morgan fingerprint density at radius 1 is 1.18 bits per heavy atom. The second-order valence-corrected chi connectivity index (χ2v) is 6.06. The van der Waals surface area contributed by atoms with E-state index in [0.29, 0.717) is 11.6 Å². The lowest BCUT2D eigenvalue weighted by molar-refractivity contribution is -0.117. The molecule has 22 heavy (non-hydrogen) atoms. The maximum absolute atomic E-state index is 12.5. The molecular formula is C19H21NO2. The first kappa shape index (κ1) is 14.8. The number of benzene rings is 2. The third-order valence-corrected chi connectivity index (χ3v) is 4.38. The van der Waals surface area contributed by atoms with Crippen LogP contribution in [-0.4, -0.2) is 11.0 Å². The van der Waals surface area contributed by atoms with Crippen LogP contribution in [0.2, 0.25) is 0 Å². The summed E-state index contributed by atoms with van der Waals surface area (Å²) in [6.45, 7) is 3.80. The van der Waals surface area contributed by atoms with Crippen LogP contribution in [-0.2, 0) is 4.79 Å². The quantitative estimate of drug-likeness (QED) is 0.901. The van der Waals surface area contributed by atoms with E-state index in [2.05, 4.69) is 24.4 Å². The molecule has 1 amide bonds. The van der Waals surface area contributed by atoms with Crippen molar-refractivity contribution >= 4 is 11.6 Å². The highest BCUT2D eigenvalue weighted by Gasteiger charge is 2.44. The minimum absolute atomic E-state index is 0.0307. The molecule has 3 atom stereocenters. The normalized spacial score (nSPS) is 21.2. The van der Waals surface area contributed by atoms with E-state index in [1.54, 1.807) is 6.92 Å². The van der Waals surface area contributed by atoms with Gasteiger partial charge in [-0.3, -0.25) is 4.79 Å². The first-order valence-electron chi connectivity index (χ1n) is 7.71. The Morgan fingerprint density at radius 2 is 1.86 bits per heavy atom.